The summed E-state index contributed by atoms with van der Waals surface area (Å²) in [6, 6.07) is 12.8. The Morgan fingerprint density at radius 3 is 2.62 bits per heavy atom. The quantitative estimate of drug-likeness (QED) is 0.664. The van der Waals surface area contributed by atoms with Gasteiger partial charge in [-0.25, -0.2) is 0 Å². The summed E-state index contributed by atoms with van der Waals surface area (Å²) in [4.78, 5) is 10.8. The van der Waals surface area contributed by atoms with E-state index in [1.807, 2.05) is 32.0 Å². The molecule has 0 spiro atoms. The molecular formula is C16H18N2O3. The van der Waals surface area contributed by atoms with Crippen LogP contribution in [0, 0.1) is 17.0 Å². The number of methoxy groups -OCH3 is 1. The van der Waals surface area contributed by atoms with Crippen molar-refractivity contribution in [1.29, 1.82) is 0 Å². The Balaban J connectivity index is 2.28. The fraction of sp³-hybridized carbons (Fsp3) is 0.250. The third kappa shape index (κ3) is 3.51. The molecule has 5 nitrogen and oxygen atoms in total. The van der Waals surface area contributed by atoms with Gasteiger partial charge in [0.15, 0.2) is 0 Å². The van der Waals surface area contributed by atoms with Crippen LogP contribution in [0.5, 0.6) is 5.75 Å². The first-order valence-corrected chi connectivity index (χ1v) is 6.67. The van der Waals surface area contributed by atoms with Crippen LogP contribution in [0.1, 0.15) is 24.1 Å². The second-order valence-electron chi connectivity index (χ2n) is 4.92. The normalized spacial score (nSPS) is 11.8. The van der Waals surface area contributed by atoms with Gasteiger partial charge in [-0.3, -0.25) is 10.1 Å². The van der Waals surface area contributed by atoms with Gasteiger partial charge in [-0.05, 0) is 31.5 Å². The molecule has 0 fully saturated rings. The van der Waals surface area contributed by atoms with Crippen molar-refractivity contribution in [3.63, 3.8) is 0 Å². The summed E-state index contributed by atoms with van der Waals surface area (Å²) in [6.07, 6.45) is 0. The Kier molecular flexibility index (Phi) is 4.42. The maximum absolute atomic E-state index is 11.2. The Labute approximate surface area is 123 Å². The second kappa shape index (κ2) is 6.26. The summed E-state index contributed by atoms with van der Waals surface area (Å²) in [5.74, 6) is 0.468. The molecule has 0 heterocycles. The summed E-state index contributed by atoms with van der Waals surface area (Å²) in [5.41, 5.74) is 2.73. The number of anilines is 1. The standard InChI is InChI=1S/C16H18N2O3/c1-11-5-4-6-13(9-11)12(2)17-15-8-7-14(21-3)10-16(15)18(19)20/h4-10,12,17H,1-3H3. The Morgan fingerprint density at radius 1 is 1.24 bits per heavy atom. The van der Waals surface area contributed by atoms with E-state index < -0.39 is 4.92 Å². The van der Waals surface area contributed by atoms with Crippen LogP contribution < -0.4 is 10.1 Å². The van der Waals surface area contributed by atoms with Crippen LogP contribution >= 0.6 is 0 Å². The highest BCUT2D eigenvalue weighted by molar-refractivity contribution is 5.64. The molecule has 0 saturated carbocycles. The van der Waals surface area contributed by atoms with Gasteiger partial charge in [0.2, 0.25) is 0 Å². The highest BCUT2D eigenvalue weighted by Gasteiger charge is 2.17. The van der Waals surface area contributed by atoms with E-state index in [1.165, 1.54) is 13.2 Å². The second-order valence-corrected chi connectivity index (χ2v) is 4.92. The van der Waals surface area contributed by atoms with Gasteiger partial charge >= 0.3 is 0 Å². The largest absolute Gasteiger partial charge is 0.496 e. The number of hydrogen-bond acceptors (Lipinski definition) is 4. The predicted octanol–water partition coefficient (Wildman–Crippen LogP) is 4.08. The number of rotatable bonds is 5. The summed E-state index contributed by atoms with van der Waals surface area (Å²) >= 11 is 0. The minimum atomic E-state index is -0.409. The van der Waals surface area contributed by atoms with Crippen molar-refractivity contribution in [2.24, 2.45) is 0 Å². The topological polar surface area (TPSA) is 64.4 Å². The Morgan fingerprint density at radius 2 is 2.00 bits per heavy atom. The summed E-state index contributed by atoms with van der Waals surface area (Å²) in [7, 11) is 1.49. The first-order chi connectivity index (χ1) is 10.0. The molecule has 2 aromatic carbocycles. The van der Waals surface area contributed by atoms with E-state index in [-0.39, 0.29) is 11.7 Å². The van der Waals surface area contributed by atoms with E-state index in [0.29, 0.717) is 11.4 Å². The molecule has 2 aromatic rings. The van der Waals surface area contributed by atoms with E-state index >= 15 is 0 Å². The smallest absolute Gasteiger partial charge is 0.296 e. The molecule has 0 saturated heterocycles. The molecule has 0 amide bonds. The average molecular weight is 286 g/mol. The molecule has 0 aliphatic heterocycles. The summed E-state index contributed by atoms with van der Waals surface area (Å²) in [6.45, 7) is 3.99. The summed E-state index contributed by atoms with van der Waals surface area (Å²) < 4.78 is 5.03. The van der Waals surface area contributed by atoms with Gasteiger partial charge in [-0.15, -0.1) is 0 Å². The van der Waals surface area contributed by atoms with E-state index in [2.05, 4.69) is 11.4 Å². The minimum absolute atomic E-state index is 0.00820. The number of nitro benzene ring substituents is 1. The van der Waals surface area contributed by atoms with Crippen molar-refractivity contribution in [2.45, 2.75) is 19.9 Å². The molecule has 0 aliphatic carbocycles. The number of nitrogens with zero attached hydrogens (tertiary/aromatic N) is 1. The van der Waals surface area contributed by atoms with E-state index in [4.69, 9.17) is 4.74 Å². The third-order valence-electron chi connectivity index (χ3n) is 3.32. The average Bonchev–Trinajstić information content (AvgIpc) is 2.47. The molecule has 0 radical (unpaired) electrons. The zero-order chi connectivity index (χ0) is 15.4. The zero-order valence-electron chi connectivity index (χ0n) is 12.3. The number of benzene rings is 2. The van der Waals surface area contributed by atoms with Gasteiger partial charge in [0.1, 0.15) is 11.4 Å². The fourth-order valence-corrected chi connectivity index (χ4v) is 2.17. The molecule has 1 unspecified atom stereocenters. The van der Waals surface area contributed by atoms with E-state index in [9.17, 15) is 10.1 Å². The summed E-state index contributed by atoms with van der Waals surface area (Å²) in [5, 5.41) is 14.4. The maximum Gasteiger partial charge on any atom is 0.296 e. The Hall–Kier alpha value is -2.56. The SMILES string of the molecule is COc1ccc(NC(C)c2cccc(C)c2)c([N+](=O)[O-])c1. The molecule has 5 heteroatoms. The van der Waals surface area contributed by atoms with E-state index in [0.717, 1.165) is 11.1 Å². The minimum Gasteiger partial charge on any atom is -0.496 e. The van der Waals surface area contributed by atoms with Crippen molar-refractivity contribution in [3.05, 3.63) is 63.7 Å². The van der Waals surface area contributed by atoms with Gasteiger partial charge < -0.3 is 10.1 Å². The molecule has 2 rings (SSSR count). The van der Waals surface area contributed by atoms with Crippen LogP contribution in [-0.2, 0) is 0 Å². The van der Waals surface area contributed by atoms with Crippen LogP contribution in [0.15, 0.2) is 42.5 Å². The first kappa shape index (κ1) is 14.8. The number of ether oxygens (including phenoxy) is 1. The van der Waals surface area contributed by atoms with Crippen molar-refractivity contribution in [1.82, 2.24) is 0 Å². The lowest BCUT2D eigenvalue weighted by molar-refractivity contribution is -0.384. The maximum atomic E-state index is 11.2. The monoisotopic (exact) mass is 286 g/mol. The van der Waals surface area contributed by atoms with Crippen molar-refractivity contribution < 1.29 is 9.66 Å². The fourth-order valence-electron chi connectivity index (χ4n) is 2.17. The Bertz CT molecular complexity index is 656. The lowest BCUT2D eigenvalue weighted by atomic mass is 10.1. The van der Waals surface area contributed by atoms with Gasteiger partial charge in [-0.1, -0.05) is 29.8 Å². The number of nitro groups is 1. The van der Waals surface area contributed by atoms with Crippen LogP contribution in [-0.4, -0.2) is 12.0 Å². The predicted molar refractivity (Wildman–Crippen MR) is 82.9 cm³/mol. The van der Waals surface area contributed by atoms with Crippen LogP contribution in [0.25, 0.3) is 0 Å². The highest BCUT2D eigenvalue weighted by atomic mass is 16.6. The van der Waals surface area contributed by atoms with Crippen molar-refractivity contribution in [2.75, 3.05) is 12.4 Å². The number of aryl methyl sites for hydroxylation is 1. The zero-order valence-corrected chi connectivity index (χ0v) is 12.3. The molecule has 1 N–H and O–H groups in total. The van der Waals surface area contributed by atoms with Crippen molar-refractivity contribution >= 4 is 11.4 Å². The van der Waals surface area contributed by atoms with Gasteiger partial charge in [-0.2, -0.15) is 0 Å². The molecule has 21 heavy (non-hydrogen) atoms. The third-order valence-corrected chi connectivity index (χ3v) is 3.32. The molecule has 0 aromatic heterocycles. The van der Waals surface area contributed by atoms with Gasteiger partial charge in [0.05, 0.1) is 18.1 Å². The number of hydrogen-bond donors (Lipinski definition) is 1. The molecule has 110 valence electrons. The van der Waals surface area contributed by atoms with Crippen molar-refractivity contribution in [3.8, 4) is 5.75 Å². The number of nitrogens with one attached hydrogen (secondary N) is 1. The van der Waals surface area contributed by atoms with Gasteiger partial charge in [0, 0.05) is 6.04 Å². The molecule has 0 aliphatic rings. The first-order valence-electron chi connectivity index (χ1n) is 6.67. The lowest BCUT2D eigenvalue weighted by Crippen LogP contribution is -2.08. The van der Waals surface area contributed by atoms with Gasteiger partial charge in [0.25, 0.3) is 5.69 Å². The van der Waals surface area contributed by atoms with E-state index in [1.54, 1.807) is 12.1 Å². The highest BCUT2D eigenvalue weighted by Crippen LogP contribution is 2.31. The van der Waals surface area contributed by atoms with Crippen LogP contribution in [0.2, 0.25) is 0 Å². The molecule has 0 bridgehead atoms. The van der Waals surface area contributed by atoms with Crippen LogP contribution in [0.4, 0.5) is 11.4 Å². The molecule has 1 atom stereocenters. The lowest BCUT2D eigenvalue weighted by Gasteiger charge is -2.16. The van der Waals surface area contributed by atoms with Crippen LogP contribution in [0.3, 0.4) is 0 Å². The molecular weight excluding hydrogens is 268 g/mol.